The van der Waals surface area contributed by atoms with Crippen molar-refractivity contribution >= 4 is 33.3 Å². The van der Waals surface area contributed by atoms with Gasteiger partial charge in [-0.2, -0.15) is 0 Å². The van der Waals surface area contributed by atoms with E-state index in [1.54, 1.807) is 6.08 Å². The van der Waals surface area contributed by atoms with Crippen molar-refractivity contribution in [2.24, 2.45) is 0 Å². The lowest BCUT2D eigenvalue weighted by Gasteiger charge is -2.01. The summed E-state index contributed by atoms with van der Waals surface area (Å²) in [7, 11) is 0. The fraction of sp³-hybridized carbons (Fsp3) is 0.125. The van der Waals surface area contributed by atoms with Gasteiger partial charge in [0.25, 0.3) is 5.56 Å². The average Bonchev–Trinajstić information content (AvgIpc) is 2.90. The van der Waals surface area contributed by atoms with Crippen LogP contribution in [-0.2, 0) is 0 Å². The Morgan fingerprint density at radius 3 is 2.86 bits per heavy atom. The van der Waals surface area contributed by atoms with Crippen molar-refractivity contribution in [2.45, 2.75) is 12.1 Å². The highest BCUT2D eigenvalue weighted by Crippen LogP contribution is 2.31. The molecule has 5 heteroatoms. The maximum absolute atomic E-state index is 12.4. The van der Waals surface area contributed by atoms with Crippen molar-refractivity contribution in [3.8, 4) is 11.1 Å². The van der Waals surface area contributed by atoms with Gasteiger partial charge in [0, 0.05) is 16.7 Å². The van der Waals surface area contributed by atoms with Crippen LogP contribution in [0.1, 0.15) is 5.56 Å². The number of nitrogens with one attached hydrogen (secondary N) is 1. The fourth-order valence-corrected chi connectivity index (χ4v) is 3.68. The van der Waals surface area contributed by atoms with Crippen molar-refractivity contribution < 1.29 is 0 Å². The summed E-state index contributed by atoms with van der Waals surface area (Å²) < 4.78 is 0. The number of benzene rings is 1. The highest BCUT2D eigenvalue weighted by molar-refractivity contribution is 7.99. The molecule has 2 heterocycles. The predicted octanol–water partition coefficient (Wildman–Crippen LogP) is 4.24. The number of aromatic nitrogens is 2. The molecule has 106 valence electrons. The first-order valence-electron chi connectivity index (χ1n) is 6.51. The molecule has 0 radical (unpaired) electrons. The standard InChI is InChI=1S/C16H14N2OS2/c1-3-8-20-16-17-14(19)13-12(9-21-15(13)18-16)11-6-4-10(2)5-7-11/h3-7,9H,1,8H2,2H3,(H,17,18,19). The number of rotatable bonds is 4. The zero-order valence-electron chi connectivity index (χ0n) is 11.6. The molecule has 2 aromatic heterocycles. The molecule has 3 nitrogen and oxygen atoms in total. The number of fused-ring (bicyclic) bond motifs is 1. The Labute approximate surface area is 130 Å². The van der Waals surface area contributed by atoms with E-state index < -0.39 is 0 Å². The fourth-order valence-electron chi connectivity index (χ4n) is 2.08. The van der Waals surface area contributed by atoms with Gasteiger partial charge in [-0.1, -0.05) is 47.7 Å². The van der Waals surface area contributed by atoms with Gasteiger partial charge in [0.1, 0.15) is 4.83 Å². The number of aromatic amines is 1. The van der Waals surface area contributed by atoms with Gasteiger partial charge >= 0.3 is 0 Å². The van der Waals surface area contributed by atoms with E-state index in [1.807, 2.05) is 24.4 Å². The van der Waals surface area contributed by atoms with E-state index in [1.165, 1.54) is 28.7 Å². The monoisotopic (exact) mass is 314 g/mol. The Kier molecular flexibility index (Phi) is 3.94. The van der Waals surface area contributed by atoms with Crippen LogP contribution in [0.15, 0.2) is 52.3 Å². The zero-order valence-corrected chi connectivity index (χ0v) is 13.2. The van der Waals surface area contributed by atoms with Crippen molar-refractivity contribution in [3.05, 3.63) is 58.2 Å². The molecule has 0 saturated heterocycles. The van der Waals surface area contributed by atoms with Gasteiger partial charge < -0.3 is 4.98 Å². The molecule has 0 atom stereocenters. The zero-order chi connectivity index (χ0) is 14.8. The SMILES string of the molecule is C=CCSc1nc2scc(-c3ccc(C)cc3)c2c(=O)[nH]1. The normalized spacial score (nSPS) is 10.9. The first-order chi connectivity index (χ1) is 10.2. The number of nitrogens with zero attached hydrogens (tertiary/aromatic N) is 1. The first kappa shape index (κ1) is 14.1. The van der Waals surface area contributed by atoms with Crippen LogP contribution in [-0.4, -0.2) is 15.7 Å². The van der Waals surface area contributed by atoms with Crippen LogP contribution in [0.4, 0.5) is 0 Å². The molecule has 0 unspecified atom stereocenters. The van der Waals surface area contributed by atoms with Gasteiger partial charge in [0.2, 0.25) is 0 Å². The lowest BCUT2D eigenvalue weighted by atomic mass is 10.1. The second-order valence-electron chi connectivity index (χ2n) is 4.67. The molecule has 0 saturated carbocycles. The highest BCUT2D eigenvalue weighted by Gasteiger charge is 2.12. The number of thiophene rings is 1. The second kappa shape index (κ2) is 5.87. The largest absolute Gasteiger partial charge is 0.301 e. The van der Waals surface area contributed by atoms with Crippen molar-refractivity contribution in [1.82, 2.24) is 9.97 Å². The van der Waals surface area contributed by atoms with Crippen LogP contribution in [0.2, 0.25) is 0 Å². The summed E-state index contributed by atoms with van der Waals surface area (Å²) in [6, 6.07) is 8.18. The minimum atomic E-state index is -0.0802. The number of H-pyrrole nitrogens is 1. The third kappa shape index (κ3) is 2.80. The maximum Gasteiger partial charge on any atom is 0.260 e. The summed E-state index contributed by atoms with van der Waals surface area (Å²) in [5.74, 6) is 0.727. The lowest BCUT2D eigenvalue weighted by molar-refractivity contribution is 0.982. The summed E-state index contributed by atoms with van der Waals surface area (Å²) in [6.45, 7) is 5.72. The molecule has 0 fully saturated rings. The second-order valence-corrected chi connectivity index (χ2v) is 6.53. The van der Waals surface area contributed by atoms with Crippen molar-refractivity contribution in [1.29, 1.82) is 0 Å². The first-order valence-corrected chi connectivity index (χ1v) is 8.38. The topological polar surface area (TPSA) is 45.8 Å². The summed E-state index contributed by atoms with van der Waals surface area (Å²) in [5.41, 5.74) is 3.12. The minimum absolute atomic E-state index is 0.0802. The van der Waals surface area contributed by atoms with Gasteiger partial charge in [-0.05, 0) is 12.5 Å². The quantitative estimate of drug-likeness (QED) is 0.445. The van der Waals surface area contributed by atoms with Crippen LogP contribution in [0.5, 0.6) is 0 Å². The van der Waals surface area contributed by atoms with E-state index in [2.05, 4.69) is 28.7 Å². The molecular weight excluding hydrogens is 300 g/mol. The van der Waals surface area contributed by atoms with Crippen LogP contribution < -0.4 is 5.56 Å². The lowest BCUT2D eigenvalue weighted by Crippen LogP contribution is -2.08. The minimum Gasteiger partial charge on any atom is -0.301 e. The molecule has 1 N–H and O–H groups in total. The molecule has 0 spiro atoms. The van der Waals surface area contributed by atoms with E-state index in [0.29, 0.717) is 10.5 Å². The molecule has 3 rings (SSSR count). The molecule has 0 aliphatic carbocycles. The van der Waals surface area contributed by atoms with Gasteiger partial charge in [-0.25, -0.2) is 4.98 Å². The third-order valence-electron chi connectivity index (χ3n) is 3.12. The van der Waals surface area contributed by atoms with E-state index >= 15 is 0 Å². The maximum atomic E-state index is 12.4. The van der Waals surface area contributed by atoms with Gasteiger partial charge in [0.15, 0.2) is 5.16 Å². The molecule has 1 aromatic carbocycles. The summed E-state index contributed by atoms with van der Waals surface area (Å²) in [5, 5.41) is 3.32. The van der Waals surface area contributed by atoms with E-state index in [0.717, 1.165) is 21.7 Å². The van der Waals surface area contributed by atoms with Crippen LogP contribution in [0.3, 0.4) is 0 Å². The molecule has 0 amide bonds. The molecule has 0 aliphatic heterocycles. The summed E-state index contributed by atoms with van der Waals surface area (Å²) in [4.78, 5) is 20.5. The Morgan fingerprint density at radius 1 is 1.38 bits per heavy atom. The molecule has 0 bridgehead atoms. The molecule has 21 heavy (non-hydrogen) atoms. The Morgan fingerprint density at radius 2 is 2.14 bits per heavy atom. The number of aryl methyl sites for hydroxylation is 1. The Bertz CT molecular complexity index is 847. The van der Waals surface area contributed by atoms with Gasteiger partial charge in [-0.15, -0.1) is 17.9 Å². The number of thioether (sulfide) groups is 1. The Hall–Kier alpha value is -1.85. The smallest absolute Gasteiger partial charge is 0.260 e. The van der Waals surface area contributed by atoms with Gasteiger partial charge in [-0.3, -0.25) is 4.79 Å². The molecule has 0 aliphatic rings. The Balaban J connectivity index is 2.12. The van der Waals surface area contributed by atoms with Crippen LogP contribution >= 0.6 is 23.1 Å². The predicted molar refractivity (Wildman–Crippen MR) is 91.3 cm³/mol. The number of hydrogen-bond donors (Lipinski definition) is 1. The van der Waals surface area contributed by atoms with E-state index in [4.69, 9.17) is 0 Å². The molecule has 3 aromatic rings. The summed E-state index contributed by atoms with van der Waals surface area (Å²) >= 11 is 2.98. The van der Waals surface area contributed by atoms with Crippen LogP contribution in [0, 0.1) is 6.92 Å². The van der Waals surface area contributed by atoms with E-state index in [-0.39, 0.29) is 5.56 Å². The van der Waals surface area contributed by atoms with Crippen LogP contribution in [0.25, 0.3) is 21.3 Å². The van der Waals surface area contributed by atoms with Gasteiger partial charge in [0.05, 0.1) is 5.39 Å². The number of hydrogen-bond acceptors (Lipinski definition) is 4. The highest BCUT2D eigenvalue weighted by atomic mass is 32.2. The third-order valence-corrected chi connectivity index (χ3v) is 4.86. The van der Waals surface area contributed by atoms with Crippen molar-refractivity contribution in [2.75, 3.05) is 5.75 Å². The average molecular weight is 314 g/mol. The summed E-state index contributed by atoms with van der Waals surface area (Å²) in [6.07, 6.45) is 1.79. The van der Waals surface area contributed by atoms with E-state index in [9.17, 15) is 4.79 Å². The van der Waals surface area contributed by atoms with Crippen molar-refractivity contribution in [3.63, 3.8) is 0 Å². The molecular formula is C16H14N2OS2.